The van der Waals surface area contributed by atoms with Crippen molar-refractivity contribution in [2.75, 3.05) is 20.1 Å². The van der Waals surface area contributed by atoms with Crippen LogP contribution in [0.3, 0.4) is 0 Å². The van der Waals surface area contributed by atoms with Gasteiger partial charge in [0.2, 0.25) is 0 Å². The van der Waals surface area contributed by atoms with Gasteiger partial charge < -0.3 is 9.88 Å². The molecule has 0 aliphatic carbocycles. The molecule has 2 aromatic rings. The van der Waals surface area contributed by atoms with Crippen LogP contribution in [0.4, 0.5) is 0 Å². The van der Waals surface area contributed by atoms with Gasteiger partial charge in [-0.2, -0.15) is 5.10 Å². The molecule has 0 bridgehead atoms. The second kappa shape index (κ2) is 7.03. The third kappa shape index (κ3) is 3.44. The van der Waals surface area contributed by atoms with Crippen molar-refractivity contribution in [2.24, 2.45) is 20.0 Å². The average molecular weight is 337 g/mol. The van der Waals surface area contributed by atoms with E-state index in [-0.39, 0.29) is 0 Å². The van der Waals surface area contributed by atoms with Crippen LogP contribution in [0, 0.1) is 5.92 Å². The lowest BCUT2D eigenvalue weighted by molar-refractivity contribution is 0.113. The molecule has 1 aliphatic rings. The van der Waals surface area contributed by atoms with Gasteiger partial charge in [-0.05, 0) is 32.4 Å². The van der Waals surface area contributed by atoms with Crippen LogP contribution in [0.2, 0.25) is 5.02 Å². The SMILES string of the molecule is CN1CCC[C@@H](CNCc2c(Cl)cnn2C)[C@@H]1c1cncn1C. The van der Waals surface area contributed by atoms with Crippen molar-refractivity contribution in [1.29, 1.82) is 0 Å². The molecule has 1 saturated heterocycles. The molecule has 0 aromatic carbocycles. The molecule has 1 aliphatic heterocycles. The first-order valence-electron chi connectivity index (χ1n) is 8.11. The molecule has 0 saturated carbocycles. The molecule has 1 fully saturated rings. The lowest BCUT2D eigenvalue weighted by atomic mass is 9.87. The fourth-order valence-corrected chi connectivity index (χ4v) is 3.84. The monoisotopic (exact) mass is 336 g/mol. The topological polar surface area (TPSA) is 50.9 Å². The van der Waals surface area contributed by atoms with E-state index in [0.29, 0.717) is 12.0 Å². The molecule has 126 valence electrons. The van der Waals surface area contributed by atoms with E-state index >= 15 is 0 Å². The summed E-state index contributed by atoms with van der Waals surface area (Å²) in [4.78, 5) is 6.75. The number of imidazole rings is 1. The van der Waals surface area contributed by atoms with Crippen LogP contribution in [0.15, 0.2) is 18.7 Å². The number of hydrogen-bond donors (Lipinski definition) is 1. The van der Waals surface area contributed by atoms with Gasteiger partial charge >= 0.3 is 0 Å². The van der Waals surface area contributed by atoms with Crippen molar-refractivity contribution in [2.45, 2.75) is 25.4 Å². The van der Waals surface area contributed by atoms with Crippen LogP contribution in [-0.2, 0) is 20.6 Å². The second-order valence-electron chi connectivity index (χ2n) is 6.45. The fourth-order valence-electron chi connectivity index (χ4n) is 3.60. The molecule has 3 rings (SSSR count). The van der Waals surface area contributed by atoms with Gasteiger partial charge in [0, 0.05) is 33.4 Å². The maximum atomic E-state index is 6.18. The predicted octanol–water partition coefficient (Wildman–Crippen LogP) is 1.98. The zero-order valence-corrected chi connectivity index (χ0v) is 14.8. The molecule has 0 amide bonds. The van der Waals surface area contributed by atoms with Crippen molar-refractivity contribution in [3.05, 3.63) is 35.1 Å². The van der Waals surface area contributed by atoms with Crippen LogP contribution in [0.25, 0.3) is 0 Å². The van der Waals surface area contributed by atoms with E-state index in [2.05, 4.69) is 39.0 Å². The van der Waals surface area contributed by atoms with Crippen molar-refractivity contribution < 1.29 is 0 Å². The quantitative estimate of drug-likeness (QED) is 0.907. The number of hydrogen-bond acceptors (Lipinski definition) is 4. The molecule has 2 aromatic heterocycles. The van der Waals surface area contributed by atoms with E-state index in [4.69, 9.17) is 11.6 Å². The summed E-state index contributed by atoms with van der Waals surface area (Å²) in [5, 5.41) is 8.48. The molecule has 2 atom stereocenters. The average Bonchev–Trinajstić information content (AvgIpc) is 3.07. The van der Waals surface area contributed by atoms with E-state index in [9.17, 15) is 0 Å². The summed E-state index contributed by atoms with van der Waals surface area (Å²) < 4.78 is 3.97. The summed E-state index contributed by atoms with van der Waals surface area (Å²) in [7, 11) is 6.21. The summed E-state index contributed by atoms with van der Waals surface area (Å²) in [5.41, 5.74) is 2.32. The number of aryl methyl sites for hydroxylation is 2. The molecular formula is C16H25ClN6. The van der Waals surface area contributed by atoms with Gasteiger partial charge in [-0.1, -0.05) is 11.6 Å². The first-order valence-corrected chi connectivity index (χ1v) is 8.49. The summed E-state index contributed by atoms with van der Waals surface area (Å²) >= 11 is 6.18. The van der Waals surface area contributed by atoms with Crippen molar-refractivity contribution in [3.8, 4) is 0 Å². The van der Waals surface area contributed by atoms with Crippen molar-refractivity contribution >= 4 is 11.6 Å². The minimum absolute atomic E-state index is 0.408. The number of nitrogens with one attached hydrogen (secondary N) is 1. The Kier molecular flexibility index (Phi) is 5.04. The smallest absolute Gasteiger partial charge is 0.0946 e. The highest BCUT2D eigenvalue weighted by Gasteiger charge is 2.32. The molecular weight excluding hydrogens is 312 g/mol. The number of halogens is 1. The molecule has 1 N–H and O–H groups in total. The highest BCUT2D eigenvalue weighted by atomic mass is 35.5. The summed E-state index contributed by atoms with van der Waals surface area (Å²) in [5.74, 6) is 0.566. The molecule has 0 radical (unpaired) electrons. The van der Waals surface area contributed by atoms with Crippen molar-refractivity contribution in [1.82, 2.24) is 29.5 Å². The fraction of sp³-hybridized carbons (Fsp3) is 0.625. The number of aromatic nitrogens is 4. The lowest BCUT2D eigenvalue weighted by Crippen LogP contribution is -2.41. The number of piperidine rings is 1. The zero-order chi connectivity index (χ0) is 16.4. The Morgan fingerprint density at radius 1 is 1.30 bits per heavy atom. The highest BCUT2D eigenvalue weighted by Crippen LogP contribution is 2.34. The van der Waals surface area contributed by atoms with Crippen LogP contribution < -0.4 is 5.32 Å². The molecule has 7 heteroatoms. The highest BCUT2D eigenvalue weighted by molar-refractivity contribution is 6.31. The normalized spacial score (nSPS) is 22.6. The second-order valence-corrected chi connectivity index (χ2v) is 6.86. The van der Waals surface area contributed by atoms with E-state index < -0.39 is 0 Å². The van der Waals surface area contributed by atoms with E-state index in [1.165, 1.54) is 18.5 Å². The van der Waals surface area contributed by atoms with Gasteiger partial charge in [-0.15, -0.1) is 0 Å². The first kappa shape index (κ1) is 16.5. The predicted molar refractivity (Wildman–Crippen MR) is 91.2 cm³/mol. The Morgan fingerprint density at radius 3 is 2.78 bits per heavy atom. The first-order chi connectivity index (χ1) is 11.1. The lowest BCUT2D eigenvalue weighted by Gasteiger charge is -2.39. The van der Waals surface area contributed by atoms with Gasteiger partial charge in [0.25, 0.3) is 0 Å². The largest absolute Gasteiger partial charge is 0.336 e. The minimum atomic E-state index is 0.408. The standard InChI is InChI=1S/C16H25ClN6/c1-21-6-4-5-12(16(21)15-10-19-11-22(15)2)7-18-9-14-13(17)8-20-23(14)3/h8,10-12,16,18H,4-7,9H2,1-3H3/t12-,16+/m0/s1. The summed E-state index contributed by atoms with van der Waals surface area (Å²) in [6, 6.07) is 0.408. The zero-order valence-electron chi connectivity index (χ0n) is 14.0. The van der Waals surface area contributed by atoms with Gasteiger partial charge in [0.15, 0.2) is 0 Å². The summed E-state index contributed by atoms with van der Waals surface area (Å²) in [6.45, 7) is 2.84. The van der Waals surface area contributed by atoms with Crippen LogP contribution in [-0.4, -0.2) is 44.4 Å². The third-order valence-electron chi connectivity index (χ3n) is 4.87. The Bertz CT molecular complexity index is 629. The van der Waals surface area contributed by atoms with Crippen molar-refractivity contribution in [3.63, 3.8) is 0 Å². The molecule has 6 nitrogen and oxygen atoms in total. The Balaban J connectivity index is 1.66. The van der Waals surface area contributed by atoms with Gasteiger partial charge in [-0.3, -0.25) is 9.58 Å². The molecule has 23 heavy (non-hydrogen) atoms. The number of rotatable bonds is 5. The van der Waals surface area contributed by atoms with Gasteiger partial charge in [0.05, 0.1) is 35.0 Å². The number of nitrogens with zero attached hydrogens (tertiary/aromatic N) is 5. The molecule has 0 spiro atoms. The van der Waals surface area contributed by atoms with E-state index in [0.717, 1.165) is 30.4 Å². The minimum Gasteiger partial charge on any atom is -0.336 e. The number of likely N-dealkylation sites (tertiary alicyclic amines) is 1. The van der Waals surface area contributed by atoms with Crippen LogP contribution in [0.1, 0.15) is 30.3 Å². The molecule has 0 unspecified atom stereocenters. The Hall–Kier alpha value is -1.37. The Morgan fingerprint density at radius 2 is 2.13 bits per heavy atom. The third-order valence-corrected chi connectivity index (χ3v) is 5.19. The molecule has 3 heterocycles. The Labute approximate surface area is 142 Å². The van der Waals surface area contributed by atoms with E-state index in [1.807, 2.05) is 24.3 Å². The van der Waals surface area contributed by atoms with Gasteiger partial charge in [-0.25, -0.2) is 4.98 Å². The van der Waals surface area contributed by atoms with Crippen LogP contribution >= 0.6 is 11.6 Å². The van der Waals surface area contributed by atoms with Crippen LogP contribution in [0.5, 0.6) is 0 Å². The maximum Gasteiger partial charge on any atom is 0.0946 e. The summed E-state index contributed by atoms with van der Waals surface area (Å²) in [6.07, 6.45) is 8.05. The maximum absolute atomic E-state index is 6.18. The van der Waals surface area contributed by atoms with Gasteiger partial charge in [0.1, 0.15) is 0 Å². The van der Waals surface area contributed by atoms with E-state index in [1.54, 1.807) is 6.20 Å².